The predicted molar refractivity (Wildman–Crippen MR) is 76.2 cm³/mol. The van der Waals surface area contributed by atoms with Gasteiger partial charge in [0.05, 0.1) is 0 Å². The van der Waals surface area contributed by atoms with Gasteiger partial charge in [-0.05, 0) is 58.0 Å². The first-order chi connectivity index (χ1) is 8.67. The standard InChI is InChI=1S/C14H26N2OS/c1-14(12-3-4-12)11-16(8-2-7-15-14)13-5-9-18(17)10-6-13/h12-13,15H,2-11H2,1H3. The van der Waals surface area contributed by atoms with Crippen molar-refractivity contribution in [3.05, 3.63) is 0 Å². The summed E-state index contributed by atoms with van der Waals surface area (Å²) in [4.78, 5) is 2.70. The lowest BCUT2D eigenvalue weighted by Gasteiger charge is -2.39. The smallest absolute Gasteiger partial charge is 0.0308 e. The van der Waals surface area contributed by atoms with Crippen LogP contribution >= 0.6 is 0 Å². The normalized spacial score (nSPS) is 43.6. The molecule has 1 saturated carbocycles. The Kier molecular flexibility index (Phi) is 3.79. The molecule has 1 aliphatic carbocycles. The Morgan fingerprint density at radius 2 is 1.94 bits per heavy atom. The largest absolute Gasteiger partial charge is 0.310 e. The average Bonchev–Trinajstić information content (AvgIpc) is 3.17. The Morgan fingerprint density at radius 1 is 1.22 bits per heavy atom. The maximum absolute atomic E-state index is 11.5. The molecule has 0 aromatic rings. The molecule has 3 aliphatic rings. The van der Waals surface area contributed by atoms with Crippen LogP contribution in [0.4, 0.5) is 0 Å². The number of nitrogens with zero attached hydrogens (tertiary/aromatic N) is 1. The van der Waals surface area contributed by atoms with Crippen molar-refractivity contribution in [2.24, 2.45) is 5.92 Å². The lowest BCUT2D eigenvalue weighted by Crippen LogP contribution is -2.53. The number of nitrogens with one attached hydrogen (secondary N) is 1. The van der Waals surface area contributed by atoms with Crippen LogP contribution in [0.3, 0.4) is 0 Å². The highest BCUT2D eigenvalue weighted by Crippen LogP contribution is 2.41. The molecule has 0 bridgehead atoms. The monoisotopic (exact) mass is 270 g/mol. The first-order valence-electron chi connectivity index (χ1n) is 7.51. The quantitative estimate of drug-likeness (QED) is 0.822. The summed E-state index contributed by atoms with van der Waals surface area (Å²) in [6, 6.07) is 0.695. The number of hydrogen-bond acceptors (Lipinski definition) is 3. The Morgan fingerprint density at radius 3 is 2.61 bits per heavy atom. The summed E-state index contributed by atoms with van der Waals surface area (Å²) in [5, 5.41) is 3.80. The van der Waals surface area contributed by atoms with E-state index in [0.29, 0.717) is 11.6 Å². The third-order valence-electron chi connectivity index (χ3n) is 5.03. The zero-order chi connectivity index (χ0) is 12.6. The summed E-state index contributed by atoms with van der Waals surface area (Å²) in [6.07, 6.45) is 6.38. The minimum absolute atomic E-state index is 0.340. The maximum atomic E-state index is 11.5. The van der Waals surface area contributed by atoms with Gasteiger partial charge in [-0.2, -0.15) is 0 Å². The third kappa shape index (κ3) is 2.81. The van der Waals surface area contributed by atoms with E-state index in [1.165, 1.54) is 38.9 Å². The molecule has 0 aromatic heterocycles. The zero-order valence-corrected chi connectivity index (χ0v) is 12.3. The molecule has 2 heterocycles. The molecule has 3 rings (SSSR count). The van der Waals surface area contributed by atoms with Crippen LogP contribution in [-0.4, -0.2) is 51.8 Å². The van der Waals surface area contributed by atoms with E-state index in [2.05, 4.69) is 17.1 Å². The minimum Gasteiger partial charge on any atom is -0.310 e. The molecule has 0 spiro atoms. The van der Waals surface area contributed by atoms with Gasteiger partial charge in [0.25, 0.3) is 0 Å². The zero-order valence-electron chi connectivity index (χ0n) is 11.5. The van der Waals surface area contributed by atoms with Gasteiger partial charge in [0.1, 0.15) is 0 Å². The first kappa shape index (κ1) is 13.1. The van der Waals surface area contributed by atoms with Crippen molar-refractivity contribution in [2.75, 3.05) is 31.1 Å². The molecule has 18 heavy (non-hydrogen) atoms. The van der Waals surface area contributed by atoms with Gasteiger partial charge in [-0.25, -0.2) is 0 Å². The Labute approximate surface area is 113 Å². The van der Waals surface area contributed by atoms with Gasteiger partial charge in [-0.1, -0.05) is 0 Å². The van der Waals surface area contributed by atoms with Crippen LogP contribution in [0.2, 0.25) is 0 Å². The second kappa shape index (κ2) is 5.22. The van der Waals surface area contributed by atoms with E-state index in [-0.39, 0.29) is 0 Å². The fourth-order valence-electron chi connectivity index (χ4n) is 3.67. The maximum Gasteiger partial charge on any atom is 0.0308 e. The second-order valence-corrected chi connectivity index (χ2v) is 8.22. The Hall–Kier alpha value is 0.0700. The third-order valence-corrected chi connectivity index (χ3v) is 6.42. The SMILES string of the molecule is CC1(C2CC2)CN(C2CCS(=O)CC2)CCCN1. The van der Waals surface area contributed by atoms with Gasteiger partial charge in [0.15, 0.2) is 0 Å². The van der Waals surface area contributed by atoms with Crippen LogP contribution in [0.1, 0.15) is 39.0 Å². The van der Waals surface area contributed by atoms with Crippen molar-refractivity contribution >= 4 is 10.8 Å². The molecule has 2 saturated heterocycles. The summed E-state index contributed by atoms with van der Waals surface area (Å²) >= 11 is 0. The van der Waals surface area contributed by atoms with Crippen molar-refractivity contribution in [3.8, 4) is 0 Å². The van der Waals surface area contributed by atoms with E-state index in [4.69, 9.17) is 0 Å². The molecule has 3 fully saturated rings. The van der Waals surface area contributed by atoms with E-state index in [9.17, 15) is 4.21 Å². The van der Waals surface area contributed by atoms with Crippen LogP contribution in [0, 0.1) is 5.92 Å². The van der Waals surface area contributed by atoms with Crippen LogP contribution in [-0.2, 0) is 10.8 Å². The molecule has 104 valence electrons. The van der Waals surface area contributed by atoms with Gasteiger partial charge in [-0.15, -0.1) is 0 Å². The van der Waals surface area contributed by atoms with E-state index < -0.39 is 10.8 Å². The Bertz CT molecular complexity index is 322. The summed E-state index contributed by atoms with van der Waals surface area (Å²) in [6.45, 7) is 6.02. The van der Waals surface area contributed by atoms with E-state index in [1.54, 1.807) is 0 Å². The van der Waals surface area contributed by atoms with Crippen molar-refractivity contribution in [1.29, 1.82) is 0 Å². The molecule has 0 amide bonds. The molecule has 2 aliphatic heterocycles. The topological polar surface area (TPSA) is 32.3 Å². The fourth-order valence-corrected chi connectivity index (χ4v) is 4.94. The molecule has 3 nitrogen and oxygen atoms in total. The van der Waals surface area contributed by atoms with Crippen LogP contribution in [0.15, 0.2) is 0 Å². The second-order valence-electron chi connectivity index (χ2n) is 6.52. The van der Waals surface area contributed by atoms with Crippen molar-refractivity contribution in [3.63, 3.8) is 0 Å². The van der Waals surface area contributed by atoms with Crippen LogP contribution in [0.5, 0.6) is 0 Å². The van der Waals surface area contributed by atoms with Crippen LogP contribution < -0.4 is 5.32 Å². The summed E-state index contributed by atoms with van der Waals surface area (Å²) in [5.41, 5.74) is 0.340. The lowest BCUT2D eigenvalue weighted by atomic mass is 9.94. The molecule has 1 atom stereocenters. The van der Waals surface area contributed by atoms with E-state index in [0.717, 1.165) is 30.3 Å². The van der Waals surface area contributed by atoms with Gasteiger partial charge in [-0.3, -0.25) is 9.11 Å². The molecule has 1 unspecified atom stereocenters. The van der Waals surface area contributed by atoms with Crippen LogP contribution in [0.25, 0.3) is 0 Å². The highest BCUT2D eigenvalue weighted by Gasteiger charge is 2.44. The van der Waals surface area contributed by atoms with Gasteiger partial charge >= 0.3 is 0 Å². The highest BCUT2D eigenvalue weighted by molar-refractivity contribution is 7.85. The summed E-state index contributed by atoms with van der Waals surface area (Å²) < 4.78 is 11.5. The van der Waals surface area contributed by atoms with Crippen molar-refractivity contribution in [1.82, 2.24) is 10.2 Å². The fraction of sp³-hybridized carbons (Fsp3) is 1.00. The molecule has 1 N–H and O–H groups in total. The van der Waals surface area contributed by atoms with E-state index in [1.807, 2.05) is 0 Å². The minimum atomic E-state index is -0.528. The lowest BCUT2D eigenvalue weighted by molar-refractivity contribution is 0.143. The first-order valence-corrected chi connectivity index (χ1v) is 9.00. The molecule has 0 radical (unpaired) electrons. The van der Waals surface area contributed by atoms with Gasteiger partial charge in [0, 0.05) is 40.4 Å². The van der Waals surface area contributed by atoms with Crippen molar-refractivity contribution < 1.29 is 4.21 Å². The molecule has 4 heteroatoms. The summed E-state index contributed by atoms with van der Waals surface area (Å²) in [5.74, 6) is 2.75. The number of rotatable bonds is 2. The van der Waals surface area contributed by atoms with E-state index >= 15 is 0 Å². The number of hydrogen-bond donors (Lipinski definition) is 1. The van der Waals surface area contributed by atoms with Crippen molar-refractivity contribution in [2.45, 2.75) is 50.6 Å². The highest BCUT2D eigenvalue weighted by atomic mass is 32.2. The predicted octanol–water partition coefficient (Wildman–Crippen LogP) is 1.36. The molecule has 0 aromatic carbocycles. The van der Waals surface area contributed by atoms with Gasteiger partial charge < -0.3 is 5.32 Å². The Balaban J connectivity index is 1.65. The average molecular weight is 270 g/mol. The van der Waals surface area contributed by atoms with Gasteiger partial charge in [0.2, 0.25) is 0 Å². The molecular formula is C14H26N2OS. The summed E-state index contributed by atoms with van der Waals surface area (Å²) in [7, 11) is -0.528. The molecular weight excluding hydrogens is 244 g/mol.